The number of benzene rings is 2. The maximum absolute atomic E-state index is 13.3. The quantitative estimate of drug-likeness (QED) is 0.617. The molecule has 0 aliphatic carbocycles. The van der Waals surface area contributed by atoms with E-state index in [2.05, 4.69) is 50.9 Å². The Balaban J connectivity index is 1.59. The maximum atomic E-state index is 13.3. The van der Waals surface area contributed by atoms with Gasteiger partial charge in [0.15, 0.2) is 5.96 Å². The highest BCUT2D eigenvalue weighted by atomic mass is 19.1. The zero-order valence-corrected chi connectivity index (χ0v) is 15.3. The number of hydrogen-bond donors (Lipinski definition) is 2. The van der Waals surface area contributed by atoms with Gasteiger partial charge in [0, 0.05) is 20.1 Å². The van der Waals surface area contributed by atoms with Gasteiger partial charge in [-0.05, 0) is 49.2 Å². The van der Waals surface area contributed by atoms with Gasteiger partial charge < -0.3 is 10.6 Å². The van der Waals surface area contributed by atoms with E-state index in [0.29, 0.717) is 12.6 Å². The number of nitrogens with one attached hydrogen (secondary N) is 2. The van der Waals surface area contributed by atoms with Gasteiger partial charge in [0.2, 0.25) is 0 Å². The van der Waals surface area contributed by atoms with Crippen molar-refractivity contribution in [2.75, 3.05) is 26.7 Å². The van der Waals surface area contributed by atoms with Gasteiger partial charge in [-0.25, -0.2) is 4.39 Å². The predicted molar refractivity (Wildman–Crippen MR) is 105 cm³/mol. The topological polar surface area (TPSA) is 39.7 Å². The fraction of sp³-hybridized carbons (Fsp3) is 0.381. The molecule has 3 rings (SSSR count). The summed E-state index contributed by atoms with van der Waals surface area (Å²) in [6, 6.07) is 17.6. The SMILES string of the molecule is CN=C(NCc1cccc(F)c1)NCC(c1ccccc1)N1CCCC1. The van der Waals surface area contributed by atoms with Crippen molar-refractivity contribution in [1.29, 1.82) is 0 Å². The fourth-order valence-electron chi connectivity index (χ4n) is 3.43. The molecule has 0 amide bonds. The molecule has 0 spiro atoms. The van der Waals surface area contributed by atoms with Gasteiger partial charge in [-0.3, -0.25) is 9.89 Å². The van der Waals surface area contributed by atoms with Gasteiger partial charge in [0.05, 0.1) is 6.04 Å². The lowest BCUT2D eigenvalue weighted by atomic mass is 10.1. The molecule has 0 saturated carbocycles. The summed E-state index contributed by atoms with van der Waals surface area (Å²) in [5, 5.41) is 6.70. The number of hydrogen-bond acceptors (Lipinski definition) is 2. The van der Waals surface area contributed by atoms with Crippen molar-refractivity contribution in [3.05, 3.63) is 71.5 Å². The summed E-state index contributed by atoms with van der Waals surface area (Å²) in [7, 11) is 1.76. The molecule has 1 atom stereocenters. The average molecular weight is 354 g/mol. The lowest BCUT2D eigenvalue weighted by Gasteiger charge is -2.29. The minimum atomic E-state index is -0.217. The summed E-state index contributed by atoms with van der Waals surface area (Å²) in [6.45, 7) is 3.59. The van der Waals surface area contributed by atoms with Crippen LogP contribution in [0.4, 0.5) is 4.39 Å². The molecule has 1 aliphatic heterocycles. The van der Waals surface area contributed by atoms with Gasteiger partial charge in [0.1, 0.15) is 5.82 Å². The minimum Gasteiger partial charge on any atom is -0.354 e. The number of likely N-dealkylation sites (tertiary alicyclic amines) is 1. The van der Waals surface area contributed by atoms with E-state index >= 15 is 0 Å². The first-order valence-electron chi connectivity index (χ1n) is 9.24. The van der Waals surface area contributed by atoms with Crippen molar-refractivity contribution < 1.29 is 4.39 Å². The summed E-state index contributed by atoms with van der Waals surface area (Å²) < 4.78 is 13.3. The van der Waals surface area contributed by atoms with Crippen molar-refractivity contribution in [3.63, 3.8) is 0 Å². The average Bonchev–Trinajstić information content (AvgIpc) is 3.20. The van der Waals surface area contributed by atoms with Crippen LogP contribution in [0.2, 0.25) is 0 Å². The number of guanidine groups is 1. The van der Waals surface area contributed by atoms with Crippen LogP contribution in [0.15, 0.2) is 59.6 Å². The van der Waals surface area contributed by atoms with Crippen LogP contribution in [0.5, 0.6) is 0 Å². The van der Waals surface area contributed by atoms with E-state index in [1.165, 1.54) is 30.5 Å². The van der Waals surface area contributed by atoms with Gasteiger partial charge >= 0.3 is 0 Å². The third kappa shape index (κ3) is 5.05. The van der Waals surface area contributed by atoms with E-state index in [1.54, 1.807) is 13.1 Å². The van der Waals surface area contributed by atoms with Gasteiger partial charge in [0.25, 0.3) is 0 Å². The van der Waals surface area contributed by atoms with Crippen molar-refractivity contribution in [3.8, 4) is 0 Å². The number of halogens is 1. The van der Waals surface area contributed by atoms with E-state index in [-0.39, 0.29) is 5.82 Å². The predicted octanol–water partition coefficient (Wildman–Crippen LogP) is 3.33. The van der Waals surface area contributed by atoms with E-state index in [1.807, 2.05) is 6.07 Å². The number of aliphatic imine (C=N–C) groups is 1. The van der Waals surface area contributed by atoms with Crippen molar-refractivity contribution in [2.24, 2.45) is 4.99 Å². The molecule has 4 nitrogen and oxygen atoms in total. The van der Waals surface area contributed by atoms with Crippen molar-refractivity contribution in [2.45, 2.75) is 25.4 Å². The number of rotatable bonds is 6. The molecular weight excluding hydrogens is 327 g/mol. The molecule has 1 unspecified atom stereocenters. The molecule has 0 radical (unpaired) electrons. The summed E-state index contributed by atoms with van der Waals surface area (Å²) >= 11 is 0. The van der Waals surface area contributed by atoms with Crippen LogP contribution >= 0.6 is 0 Å². The van der Waals surface area contributed by atoms with Crippen LogP contribution < -0.4 is 10.6 Å². The Morgan fingerprint density at radius 2 is 1.85 bits per heavy atom. The molecular formula is C21H27FN4. The Morgan fingerprint density at radius 3 is 2.54 bits per heavy atom. The van der Waals surface area contributed by atoms with Crippen molar-refractivity contribution >= 4 is 5.96 Å². The molecule has 2 aromatic carbocycles. The monoisotopic (exact) mass is 354 g/mol. The van der Waals surface area contributed by atoms with Crippen LogP contribution in [0, 0.1) is 5.82 Å². The minimum absolute atomic E-state index is 0.217. The van der Waals surface area contributed by atoms with Crippen LogP contribution in [0.3, 0.4) is 0 Å². The van der Waals surface area contributed by atoms with E-state index in [4.69, 9.17) is 0 Å². The van der Waals surface area contributed by atoms with Crippen molar-refractivity contribution in [1.82, 2.24) is 15.5 Å². The third-order valence-electron chi connectivity index (χ3n) is 4.80. The molecule has 1 fully saturated rings. The Labute approximate surface area is 155 Å². The highest BCUT2D eigenvalue weighted by molar-refractivity contribution is 5.79. The van der Waals surface area contributed by atoms with E-state index in [0.717, 1.165) is 31.2 Å². The first-order valence-corrected chi connectivity index (χ1v) is 9.24. The molecule has 138 valence electrons. The maximum Gasteiger partial charge on any atom is 0.191 e. The molecule has 1 heterocycles. The Hall–Kier alpha value is -2.40. The van der Waals surface area contributed by atoms with Gasteiger partial charge in [-0.2, -0.15) is 0 Å². The van der Waals surface area contributed by atoms with Crippen LogP contribution in [-0.2, 0) is 6.54 Å². The van der Waals surface area contributed by atoms with Crippen LogP contribution in [0.1, 0.15) is 30.0 Å². The third-order valence-corrected chi connectivity index (χ3v) is 4.80. The molecule has 26 heavy (non-hydrogen) atoms. The first kappa shape index (κ1) is 18.4. The van der Waals surface area contributed by atoms with Crippen LogP contribution in [0.25, 0.3) is 0 Å². The van der Waals surface area contributed by atoms with E-state index < -0.39 is 0 Å². The second-order valence-corrected chi connectivity index (χ2v) is 6.61. The lowest BCUT2D eigenvalue weighted by molar-refractivity contribution is 0.245. The normalized spacial score (nSPS) is 16.5. The highest BCUT2D eigenvalue weighted by Crippen LogP contribution is 2.24. The summed E-state index contributed by atoms with van der Waals surface area (Å²) in [4.78, 5) is 6.83. The second kappa shape index (κ2) is 9.34. The Bertz CT molecular complexity index is 711. The summed E-state index contributed by atoms with van der Waals surface area (Å²) in [5.41, 5.74) is 2.22. The summed E-state index contributed by atoms with van der Waals surface area (Å²) in [6.07, 6.45) is 2.52. The molecule has 2 aromatic rings. The van der Waals surface area contributed by atoms with Gasteiger partial charge in [-0.15, -0.1) is 0 Å². The lowest BCUT2D eigenvalue weighted by Crippen LogP contribution is -2.42. The first-order chi connectivity index (χ1) is 12.8. The molecule has 5 heteroatoms. The van der Waals surface area contributed by atoms with E-state index in [9.17, 15) is 4.39 Å². The van der Waals surface area contributed by atoms with Crippen LogP contribution in [-0.4, -0.2) is 37.5 Å². The smallest absolute Gasteiger partial charge is 0.191 e. The van der Waals surface area contributed by atoms with Gasteiger partial charge in [-0.1, -0.05) is 42.5 Å². The molecule has 0 bridgehead atoms. The molecule has 1 saturated heterocycles. The Morgan fingerprint density at radius 1 is 1.08 bits per heavy atom. The highest BCUT2D eigenvalue weighted by Gasteiger charge is 2.23. The largest absolute Gasteiger partial charge is 0.354 e. The summed E-state index contributed by atoms with van der Waals surface area (Å²) in [5.74, 6) is 0.514. The zero-order chi connectivity index (χ0) is 18.2. The standard InChI is InChI=1S/C21H27FN4/c1-23-21(24-15-17-8-7-11-19(22)14-17)25-16-20(26-12-5-6-13-26)18-9-3-2-4-10-18/h2-4,7-11,14,20H,5-6,12-13,15-16H2,1H3,(H2,23,24,25). The fourth-order valence-corrected chi connectivity index (χ4v) is 3.43. The Kier molecular flexibility index (Phi) is 6.61. The zero-order valence-electron chi connectivity index (χ0n) is 15.3. The molecule has 1 aliphatic rings. The second-order valence-electron chi connectivity index (χ2n) is 6.61. The molecule has 0 aromatic heterocycles. The number of nitrogens with zero attached hydrogens (tertiary/aromatic N) is 2. The molecule has 2 N–H and O–H groups in total.